The van der Waals surface area contributed by atoms with Gasteiger partial charge < -0.3 is 10.1 Å². The van der Waals surface area contributed by atoms with Crippen molar-refractivity contribution < 1.29 is 4.74 Å². The molecule has 0 atom stereocenters. The molecule has 0 aliphatic rings. The SMILES string of the molecule is CCNCc1cn(-c2ccc(OCC)cc2)nn1. The average molecular weight is 246 g/mol. The van der Waals surface area contributed by atoms with Gasteiger partial charge in [0, 0.05) is 6.54 Å². The Bertz CT molecular complexity index is 478. The number of benzene rings is 1. The van der Waals surface area contributed by atoms with Crippen molar-refractivity contribution in [2.75, 3.05) is 13.2 Å². The topological polar surface area (TPSA) is 52.0 Å². The zero-order chi connectivity index (χ0) is 12.8. The van der Waals surface area contributed by atoms with Gasteiger partial charge in [-0.15, -0.1) is 5.10 Å². The summed E-state index contributed by atoms with van der Waals surface area (Å²) in [4.78, 5) is 0. The van der Waals surface area contributed by atoms with E-state index in [0.29, 0.717) is 6.61 Å². The van der Waals surface area contributed by atoms with Crippen molar-refractivity contribution in [2.24, 2.45) is 0 Å². The molecule has 96 valence electrons. The lowest BCUT2D eigenvalue weighted by molar-refractivity contribution is 0.340. The van der Waals surface area contributed by atoms with Crippen molar-refractivity contribution in [2.45, 2.75) is 20.4 Å². The van der Waals surface area contributed by atoms with Gasteiger partial charge in [0.25, 0.3) is 0 Å². The van der Waals surface area contributed by atoms with Gasteiger partial charge in [0.05, 0.1) is 24.2 Å². The molecule has 1 aromatic heterocycles. The smallest absolute Gasteiger partial charge is 0.119 e. The van der Waals surface area contributed by atoms with E-state index in [2.05, 4.69) is 22.6 Å². The molecular formula is C13H18N4O. The third-order valence-electron chi connectivity index (χ3n) is 2.51. The lowest BCUT2D eigenvalue weighted by atomic mass is 10.3. The van der Waals surface area contributed by atoms with E-state index in [1.54, 1.807) is 4.68 Å². The monoisotopic (exact) mass is 246 g/mol. The van der Waals surface area contributed by atoms with Gasteiger partial charge in [-0.1, -0.05) is 12.1 Å². The first-order chi connectivity index (χ1) is 8.83. The number of hydrogen-bond acceptors (Lipinski definition) is 4. The number of nitrogens with zero attached hydrogens (tertiary/aromatic N) is 3. The molecule has 0 amide bonds. The summed E-state index contributed by atoms with van der Waals surface area (Å²) in [5, 5.41) is 11.4. The Kier molecular flexibility index (Phi) is 4.30. The van der Waals surface area contributed by atoms with Crippen LogP contribution in [0.3, 0.4) is 0 Å². The maximum absolute atomic E-state index is 5.40. The van der Waals surface area contributed by atoms with Crippen LogP contribution in [0.5, 0.6) is 5.75 Å². The molecule has 5 nitrogen and oxygen atoms in total. The van der Waals surface area contributed by atoms with E-state index in [9.17, 15) is 0 Å². The van der Waals surface area contributed by atoms with E-state index in [1.165, 1.54) is 0 Å². The van der Waals surface area contributed by atoms with E-state index in [-0.39, 0.29) is 0 Å². The molecule has 2 aromatic rings. The largest absolute Gasteiger partial charge is 0.494 e. The third kappa shape index (κ3) is 3.07. The fourth-order valence-corrected chi connectivity index (χ4v) is 1.62. The van der Waals surface area contributed by atoms with Crippen molar-refractivity contribution in [1.82, 2.24) is 20.3 Å². The summed E-state index contributed by atoms with van der Waals surface area (Å²) >= 11 is 0. The van der Waals surface area contributed by atoms with Crippen LogP contribution < -0.4 is 10.1 Å². The first-order valence-corrected chi connectivity index (χ1v) is 6.18. The molecule has 0 saturated heterocycles. The molecule has 0 bridgehead atoms. The van der Waals surface area contributed by atoms with E-state index < -0.39 is 0 Å². The molecule has 0 unspecified atom stereocenters. The summed E-state index contributed by atoms with van der Waals surface area (Å²) in [7, 11) is 0. The lowest BCUT2D eigenvalue weighted by Gasteiger charge is -2.04. The summed E-state index contributed by atoms with van der Waals surface area (Å²) in [6, 6.07) is 7.81. The third-order valence-corrected chi connectivity index (χ3v) is 2.51. The zero-order valence-electron chi connectivity index (χ0n) is 10.8. The quantitative estimate of drug-likeness (QED) is 0.844. The van der Waals surface area contributed by atoms with Crippen molar-refractivity contribution in [1.29, 1.82) is 0 Å². The van der Waals surface area contributed by atoms with Crippen LogP contribution >= 0.6 is 0 Å². The predicted molar refractivity (Wildman–Crippen MR) is 69.9 cm³/mol. The molecule has 1 N–H and O–H groups in total. The highest BCUT2D eigenvalue weighted by molar-refractivity contribution is 5.36. The maximum Gasteiger partial charge on any atom is 0.119 e. The van der Waals surface area contributed by atoms with E-state index >= 15 is 0 Å². The highest BCUT2D eigenvalue weighted by Crippen LogP contribution is 2.14. The molecule has 0 radical (unpaired) electrons. The van der Waals surface area contributed by atoms with Gasteiger partial charge in [0.15, 0.2) is 0 Å². The van der Waals surface area contributed by atoms with Crippen LogP contribution in [0, 0.1) is 0 Å². The first-order valence-electron chi connectivity index (χ1n) is 6.18. The van der Waals surface area contributed by atoms with Crippen molar-refractivity contribution in [3.63, 3.8) is 0 Å². The van der Waals surface area contributed by atoms with Crippen LogP contribution in [-0.4, -0.2) is 28.1 Å². The number of ether oxygens (including phenoxy) is 1. The minimum Gasteiger partial charge on any atom is -0.494 e. The second kappa shape index (κ2) is 6.16. The van der Waals surface area contributed by atoms with Crippen LogP contribution in [0.15, 0.2) is 30.5 Å². The summed E-state index contributed by atoms with van der Waals surface area (Å²) in [6.45, 7) is 6.38. The summed E-state index contributed by atoms with van der Waals surface area (Å²) in [5.41, 5.74) is 1.92. The van der Waals surface area contributed by atoms with Crippen LogP contribution in [0.4, 0.5) is 0 Å². The number of rotatable bonds is 6. The second-order valence-corrected chi connectivity index (χ2v) is 3.86. The highest BCUT2D eigenvalue weighted by atomic mass is 16.5. The number of nitrogens with one attached hydrogen (secondary N) is 1. The molecular weight excluding hydrogens is 228 g/mol. The van der Waals surface area contributed by atoms with Gasteiger partial charge in [-0.25, -0.2) is 4.68 Å². The Labute approximate surface area is 107 Å². The predicted octanol–water partition coefficient (Wildman–Crippen LogP) is 1.78. The van der Waals surface area contributed by atoms with E-state index in [4.69, 9.17) is 4.74 Å². The fraction of sp³-hybridized carbons (Fsp3) is 0.385. The fourth-order valence-electron chi connectivity index (χ4n) is 1.62. The zero-order valence-corrected chi connectivity index (χ0v) is 10.8. The van der Waals surface area contributed by atoms with Gasteiger partial charge in [-0.2, -0.15) is 0 Å². The Morgan fingerprint density at radius 3 is 2.67 bits per heavy atom. The number of hydrogen-bond donors (Lipinski definition) is 1. The van der Waals surface area contributed by atoms with Crippen LogP contribution in [0.1, 0.15) is 19.5 Å². The van der Waals surface area contributed by atoms with E-state index in [1.807, 2.05) is 37.4 Å². The Morgan fingerprint density at radius 2 is 2.00 bits per heavy atom. The van der Waals surface area contributed by atoms with Gasteiger partial charge in [0.2, 0.25) is 0 Å². The second-order valence-electron chi connectivity index (χ2n) is 3.86. The summed E-state index contributed by atoms with van der Waals surface area (Å²) in [5.74, 6) is 0.870. The van der Waals surface area contributed by atoms with Crippen LogP contribution in [-0.2, 0) is 6.54 Å². The molecule has 2 rings (SSSR count). The minimum atomic E-state index is 0.676. The highest BCUT2D eigenvalue weighted by Gasteiger charge is 2.02. The Hall–Kier alpha value is -1.88. The van der Waals surface area contributed by atoms with E-state index in [0.717, 1.165) is 30.2 Å². The first kappa shape index (κ1) is 12.6. The Balaban J connectivity index is 2.08. The molecule has 18 heavy (non-hydrogen) atoms. The van der Waals surface area contributed by atoms with Gasteiger partial charge in [0.1, 0.15) is 5.75 Å². The molecule has 0 fully saturated rings. The van der Waals surface area contributed by atoms with Crippen molar-refractivity contribution in [3.05, 3.63) is 36.2 Å². The molecule has 0 saturated carbocycles. The molecule has 1 aromatic carbocycles. The van der Waals surface area contributed by atoms with Crippen molar-refractivity contribution >= 4 is 0 Å². The average Bonchev–Trinajstić information content (AvgIpc) is 2.86. The normalized spacial score (nSPS) is 10.6. The standard InChI is InChI=1S/C13H18N4O/c1-3-14-9-11-10-17(16-15-11)12-5-7-13(8-6-12)18-4-2/h5-8,10,14H,3-4,9H2,1-2H3. The van der Waals surface area contributed by atoms with Gasteiger partial charge in [-0.05, 0) is 37.7 Å². The van der Waals surface area contributed by atoms with Gasteiger partial charge in [-0.3, -0.25) is 0 Å². The molecule has 0 spiro atoms. The maximum atomic E-state index is 5.40. The number of aromatic nitrogens is 3. The molecule has 5 heteroatoms. The van der Waals surface area contributed by atoms with Gasteiger partial charge >= 0.3 is 0 Å². The summed E-state index contributed by atoms with van der Waals surface area (Å²) in [6.07, 6.45) is 1.93. The van der Waals surface area contributed by atoms with Crippen LogP contribution in [0.25, 0.3) is 5.69 Å². The van der Waals surface area contributed by atoms with Crippen molar-refractivity contribution in [3.8, 4) is 11.4 Å². The Morgan fingerprint density at radius 1 is 1.22 bits per heavy atom. The molecule has 0 aliphatic carbocycles. The minimum absolute atomic E-state index is 0.676. The lowest BCUT2D eigenvalue weighted by Crippen LogP contribution is -2.11. The van der Waals surface area contributed by atoms with Crippen LogP contribution in [0.2, 0.25) is 0 Å². The summed E-state index contributed by atoms with van der Waals surface area (Å²) < 4.78 is 7.17. The molecule has 1 heterocycles. The molecule has 0 aliphatic heterocycles.